The number of carbonyl (C=O) groups excluding carboxylic acids is 2. The summed E-state index contributed by atoms with van der Waals surface area (Å²) in [5, 5.41) is 4.17. The predicted octanol–water partition coefficient (Wildman–Crippen LogP) is 1.95. The zero-order valence-electron chi connectivity index (χ0n) is 19.4. The van der Waals surface area contributed by atoms with Crippen LogP contribution in [0.15, 0.2) is 36.7 Å². The molecule has 4 rings (SSSR count). The second-order valence-electron chi connectivity index (χ2n) is 8.45. The minimum atomic E-state index is -0.795. The molecule has 0 bridgehead atoms. The Balaban J connectivity index is 1.25. The highest BCUT2D eigenvalue weighted by molar-refractivity contribution is 5.83. The van der Waals surface area contributed by atoms with Gasteiger partial charge in [-0.25, -0.2) is 9.50 Å². The van der Waals surface area contributed by atoms with E-state index in [0.717, 1.165) is 36.6 Å². The Kier molecular flexibility index (Phi) is 6.98. The fraction of sp³-hybridized carbons (Fsp3) is 0.458. The molecule has 9 heteroatoms. The summed E-state index contributed by atoms with van der Waals surface area (Å²) in [6.45, 7) is 9.23. The zero-order chi connectivity index (χ0) is 23.4. The molecule has 1 amide bonds. The predicted molar refractivity (Wildman–Crippen MR) is 122 cm³/mol. The van der Waals surface area contributed by atoms with Crippen LogP contribution in [0.25, 0.3) is 5.78 Å². The van der Waals surface area contributed by atoms with Gasteiger partial charge in [-0.05, 0) is 38.3 Å². The van der Waals surface area contributed by atoms with E-state index in [4.69, 9.17) is 4.74 Å². The number of ether oxygens (including phenoxy) is 1. The number of hydrogen-bond acceptors (Lipinski definition) is 7. The first-order valence-electron chi connectivity index (χ1n) is 11.3. The lowest BCUT2D eigenvalue weighted by Gasteiger charge is -2.35. The van der Waals surface area contributed by atoms with E-state index >= 15 is 0 Å². The van der Waals surface area contributed by atoms with Gasteiger partial charge in [0.15, 0.2) is 6.10 Å². The van der Waals surface area contributed by atoms with Crippen molar-refractivity contribution in [1.82, 2.24) is 29.4 Å². The van der Waals surface area contributed by atoms with Crippen molar-refractivity contribution in [3.63, 3.8) is 0 Å². The highest BCUT2D eigenvalue weighted by atomic mass is 16.5. The summed E-state index contributed by atoms with van der Waals surface area (Å²) in [5.74, 6) is 0.0104. The molecule has 1 saturated heterocycles. The number of rotatable bonds is 7. The first-order valence-corrected chi connectivity index (χ1v) is 11.3. The molecule has 1 aliphatic rings. The number of benzene rings is 1. The summed E-state index contributed by atoms with van der Waals surface area (Å²) in [5.41, 5.74) is 3.93. The van der Waals surface area contributed by atoms with Crippen LogP contribution in [-0.2, 0) is 27.3 Å². The molecule has 1 atom stereocenters. The Morgan fingerprint density at radius 1 is 1.09 bits per heavy atom. The van der Waals surface area contributed by atoms with Crippen molar-refractivity contribution in [3.8, 4) is 0 Å². The molecule has 0 aliphatic carbocycles. The maximum absolute atomic E-state index is 12.8. The molecule has 33 heavy (non-hydrogen) atoms. The molecule has 174 valence electrons. The number of piperazine rings is 1. The number of aryl methyl sites for hydroxylation is 2. The van der Waals surface area contributed by atoms with E-state index in [1.165, 1.54) is 11.9 Å². The Morgan fingerprint density at radius 2 is 1.82 bits per heavy atom. The third kappa shape index (κ3) is 5.36. The van der Waals surface area contributed by atoms with Gasteiger partial charge in [-0.3, -0.25) is 14.5 Å². The van der Waals surface area contributed by atoms with Gasteiger partial charge in [0.2, 0.25) is 0 Å². The first kappa shape index (κ1) is 22.8. The maximum Gasteiger partial charge on any atom is 0.306 e. The maximum atomic E-state index is 12.8. The molecule has 1 unspecified atom stereocenters. The van der Waals surface area contributed by atoms with Gasteiger partial charge < -0.3 is 9.64 Å². The monoisotopic (exact) mass is 450 g/mol. The van der Waals surface area contributed by atoms with Crippen LogP contribution in [0.5, 0.6) is 0 Å². The number of fused-ring (bicyclic) bond motifs is 1. The van der Waals surface area contributed by atoms with Gasteiger partial charge in [0, 0.05) is 50.5 Å². The molecule has 0 radical (unpaired) electrons. The molecular formula is C24H30N6O3. The highest BCUT2D eigenvalue weighted by Gasteiger charge is 2.27. The summed E-state index contributed by atoms with van der Waals surface area (Å²) in [4.78, 5) is 37.9. The Bertz CT molecular complexity index is 1120. The van der Waals surface area contributed by atoms with E-state index < -0.39 is 12.1 Å². The average molecular weight is 451 g/mol. The van der Waals surface area contributed by atoms with Gasteiger partial charge in [-0.2, -0.15) is 10.1 Å². The third-order valence-corrected chi connectivity index (χ3v) is 6.16. The fourth-order valence-electron chi connectivity index (χ4n) is 4.28. The normalized spacial score (nSPS) is 15.5. The SMILES string of the molecule is Cc1nc2ncnn2c(C)c1CCC(=O)OC(C)C(=O)N1CCN(Cc2ccccc2)CC1. The highest BCUT2D eigenvalue weighted by Crippen LogP contribution is 2.16. The van der Waals surface area contributed by atoms with Crippen LogP contribution < -0.4 is 0 Å². The van der Waals surface area contributed by atoms with Gasteiger partial charge in [0.1, 0.15) is 6.33 Å². The van der Waals surface area contributed by atoms with Crippen molar-refractivity contribution in [2.45, 2.75) is 46.3 Å². The van der Waals surface area contributed by atoms with Gasteiger partial charge in [-0.1, -0.05) is 30.3 Å². The van der Waals surface area contributed by atoms with Crippen LogP contribution in [0.4, 0.5) is 0 Å². The molecule has 1 aliphatic heterocycles. The number of nitrogens with zero attached hydrogens (tertiary/aromatic N) is 6. The smallest absolute Gasteiger partial charge is 0.306 e. The number of esters is 1. The van der Waals surface area contributed by atoms with Crippen molar-refractivity contribution in [3.05, 3.63) is 59.2 Å². The molecule has 0 saturated carbocycles. The standard InChI is InChI=1S/C24H30N6O3/c1-17-21(18(2)30-24(27-17)25-16-26-30)9-10-22(31)33-19(3)23(32)29-13-11-28(12-14-29)15-20-7-5-4-6-8-20/h4-8,16,19H,9-15H2,1-3H3. The quantitative estimate of drug-likeness (QED) is 0.508. The topological polar surface area (TPSA) is 92.9 Å². The largest absolute Gasteiger partial charge is 0.453 e. The summed E-state index contributed by atoms with van der Waals surface area (Å²) in [6.07, 6.45) is 1.31. The average Bonchev–Trinajstić information content (AvgIpc) is 3.28. The number of amides is 1. The van der Waals surface area contributed by atoms with Gasteiger partial charge in [0.25, 0.3) is 11.7 Å². The Morgan fingerprint density at radius 3 is 2.55 bits per heavy atom. The first-order chi connectivity index (χ1) is 15.9. The molecular weight excluding hydrogens is 420 g/mol. The van der Waals surface area contributed by atoms with Gasteiger partial charge in [0.05, 0.1) is 0 Å². The summed E-state index contributed by atoms with van der Waals surface area (Å²) >= 11 is 0. The molecule has 2 aromatic heterocycles. The molecule has 3 aromatic rings. The lowest BCUT2D eigenvalue weighted by molar-refractivity contribution is -0.159. The second kappa shape index (κ2) is 10.1. The van der Waals surface area contributed by atoms with E-state index in [1.807, 2.05) is 32.0 Å². The summed E-state index contributed by atoms with van der Waals surface area (Å²) in [6, 6.07) is 10.3. The lowest BCUT2D eigenvalue weighted by Crippen LogP contribution is -2.51. The van der Waals surface area contributed by atoms with Gasteiger partial charge in [-0.15, -0.1) is 0 Å². The molecule has 0 spiro atoms. The van der Waals surface area contributed by atoms with Crippen molar-refractivity contribution >= 4 is 17.7 Å². The van der Waals surface area contributed by atoms with E-state index in [2.05, 4.69) is 32.1 Å². The Hall–Kier alpha value is -3.33. The zero-order valence-corrected chi connectivity index (χ0v) is 19.4. The molecule has 0 N–H and O–H groups in total. The van der Waals surface area contributed by atoms with Crippen molar-refractivity contribution in [2.24, 2.45) is 0 Å². The fourth-order valence-corrected chi connectivity index (χ4v) is 4.28. The van der Waals surface area contributed by atoms with Crippen LogP contribution >= 0.6 is 0 Å². The minimum Gasteiger partial charge on any atom is -0.453 e. The van der Waals surface area contributed by atoms with Crippen LogP contribution in [0, 0.1) is 13.8 Å². The van der Waals surface area contributed by atoms with Crippen LogP contribution in [0.1, 0.15) is 35.9 Å². The van der Waals surface area contributed by atoms with Crippen LogP contribution in [0.2, 0.25) is 0 Å². The number of carbonyl (C=O) groups is 2. The van der Waals surface area contributed by atoms with E-state index in [-0.39, 0.29) is 12.3 Å². The summed E-state index contributed by atoms with van der Waals surface area (Å²) in [7, 11) is 0. The molecule has 1 fully saturated rings. The Labute approximate surface area is 193 Å². The van der Waals surface area contributed by atoms with E-state index in [1.54, 1.807) is 16.3 Å². The summed E-state index contributed by atoms with van der Waals surface area (Å²) < 4.78 is 7.13. The van der Waals surface area contributed by atoms with Crippen molar-refractivity contribution in [2.75, 3.05) is 26.2 Å². The van der Waals surface area contributed by atoms with E-state index in [9.17, 15) is 9.59 Å². The van der Waals surface area contributed by atoms with Crippen LogP contribution in [0.3, 0.4) is 0 Å². The number of aromatic nitrogens is 4. The second-order valence-corrected chi connectivity index (χ2v) is 8.45. The van der Waals surface area contributed by atoms with Crippen molar-refractivity contribution < 1.29 is 14.3 Å². The molecule has 9 nitrogen and oxygen atoms in total. The van der Waals surface area contributed by atoms with E-state index in [0.29, 0.717) is 25.3 Å². The molecule has 3 heterocycles. The van der Waals surface area contributed by atoms with Crippen LogP contribution in [-0.4, -0.2) is 73.5 Å². The number of hydrogen-bond donors (Lipinski definition) is 0. The van der Waals surface area contributed by atoms with Gasteiger partial charge >= 0.3 is 5.97 Å². The minimum absolute atomic E-state index is 0.138. The molecule has 1 aromatic carbocycles. The lowest BCUT2D eigenvalue weighted by atomic mass is 10.1. The van der Waals surface area contributed by atoms with Crippen molar-refractivity contribution in [1.29, 1.82) is 0 Å². The third-order valence-electron chi connectivity index (χ3n) is 6.16.